The van der Waals surface area contributed by atoms with E-state index in [-0.39, 0.29) is 35.9 Å². The number of nitrogens with zero attached hydrogens (tertiary/aromatic N) is 2. The van der Waals surface area contributed by atoms with E-state index in [4.69, 9.17) is 13.9 Å². The molecule has 1 heterocycles. The molecule has 0 aliphatic heterocycles. The molecule has 32 heavy (non-hydrogen) atoms. The third kappa shape index (κ3) is 4.58. The van der Waals surface area contributed by atoms with Crippen LogP contribution in [0.4, 0.5) is 5.69 Å². The van der Waals surface area contributed by atoms with E-state index < -0.39 is 26.3 Å². The van der Waals surface area contributed by atoms with Crippen molar-refractivity contribution in [2.24, 2.45) is 0 Å². The number of hydrogen-bond acceptors (Lipinski definition) is 8. The predicted octanol–water partition coefficient (Wildman–Crippen LogP) is 3.32. The van der Waals surface area contributed by atoms with E-state index in [0.29, 0.717) is 16.7 Å². The van der Waals surface area contributed by atoms with Crippen LogP contribution in [0.5, 0.6) is 11.5 Å². The molecular weight excluding hydrogens is 440 g/mol. The summed E-state index contributed by atoms with van der Waals surface area (Å²) in [5, 5.41) is 12.2. The summed E-state index contributed by atoms with van der Waals surface area (Å²) in [7, 11) is -2.39. The summed E-state index contributed by atoms with van der Waals surface area (Å²) >= 11 is 0. The molecule has 0 aliphatic carbocycles. The fraction of sp³-hybridized carbons (Fsp3) is 0.286. The first-order chi connectivity index (χ1) is 15.2. The summed E-state index contributed by atoms with van der Waals surface area (Å²) in [6.07, 6.45) is 0. The van der Waals surface area contributed by atoms with Gasteiger partial charge in [0.2, 0.25) is 10.0 Å². The second-order valence-corrected chi connectivity index (χ2v) is 8.66. The Labute approximate surface area is 184 Å². The highest BCUT2D eigenvalue weighted by molar-refractivity contribution is 7.89. The van der Waals surface area contributed by atoms with E-state index in [0.717, 1.165) is 6.07 Å². The van der Waals surface area contributed by atoms with Crippen LogP contribution < -0.4 is 15.1 Å². The Morgan fingerprint density at radius 2 is 1.81 bits per heavy atom. The molecule has 0 bridgehead atoms. The van der Waals surface area contributed by atoms with Crippen LogP contribution in [0.1, 0.15) is 19.4 Å². The molecule has 10 nitrogen and oxygen atoms in total. The van der Waals surface area contributed by atoms with E-state index >= 15 is 0 Å². The molecule has 0 saturated carbocycles. The standard InChI is InChI=1S/C21H22N2O8S/c1-4-22(5-2)32(27,28)16-7-9-19(18(12-16)23(25)26)30-13-14-10-21(24)31-20-11-15(29-3)6-8-17(14)20/h6-12H,4-5,13H2,1-3H3. The monoisotopic (exact) mass is 462 g/mol. The summed E-state index contributed by atoms with van der Waals surface area (Å²) in [4.78, 5) is 22.6. The van der Waals surface area contributed by atoms with Gasteiger partial charge >= 0.3 is 11.3 Å². The lowest BCUT2D eigenvalue weighted by Crippen LogP contribution is -2.30. The Bertz CT molecular complexity index is 1310. The van der Waals surface area contributed by atoms with Crippen molar-refractivity contribution in [3.8, 4) is 11.5 Å². The predicted molar refractivity (Wildman–Crippen MR) is 117 cm³/mol. The number of nitro groups is 1. The number of sulfonamides is 1. The van der Waals surface area contributed by atoms with Crippen LogP contribution in [0.2, 0.25) is 0 Å². The topological polar surface area (TPSA) is 129 Å². The Hall–Kier alpha value is -3.44. The fourth-order valence-corrected chi connectivity index (χ4v) is 4.73. The van der Waals surface area contributed by atoms with Crippen molar-refractivity contribution in [2.45, 2.75) is 25.3 Å². The summed E-state index contributed by atoms with van der Waals surface area (Å²) in [6.45, 7) is 3.67. The van der Waals surface area contributed by atoms with E-state index in [2.05, 4.69) is 0 Å². The maximum absolute atomic E-state index is 12.7. The normalized spacial score (nSPS) is 11.6. The highest BCUT2D eigenvalue weighted by Crippen LogP contribution is 2.32. The second kappa shape index (κ2) is 9.37. The van der Waals surface area contributed by atoms with E-state index in [1.54, 1.807) is 32.0 Å². The Morgan fingerprint density at radius 1 is 1.09 bits per heavy atom. The number of fused-ring (bicyclic) bond motifs is 1. The second-order valence-electron chi connectivity index (χ2n) is 6.72. The van der Waals surface area contributed by atoms with Gasteiger partial charge < -0.3 is 13.9 Å². The van der Waals surface area contributed by atoms with Crippen LogP contribution >= 0.6 is 0 Å². The van der Waals surface area contributed by atoms with Crippen LogP contribution in [0, 0.1) is 10.1 Å². The number of ether oxygens (including phenoxy) is 2. The maximum atomic E-state index is 12.7. The number of methoxy groups -OCH3 is 1. The maximum Gasteiger partial charge on any atom is 0.336 e. The highest BCUT2D eigenvalue weighted by atomic mass is 32.2. The van der Waals surface area contributed by atoms with E-state index in [9.17, 15) is 23.3 Å². The van der Waals surface area contributed by atoms with Crippen molar-refractivity contribution < 1.29 is 27.2 Å². The van der Waals surface area contributed by atoms with Crippen molar-refractivity contribution in [1.29, 1.82) is 0 Å². The summed E-state index contributed by atoms with van der Waals surface area (Å²) in [6, 6.07) is 9.63. The van der Waals surface area contributed by atoms with Gasteiger partial charge in [0.15, 0.2) is 5.75 Å². The highest BCUT2D eigenvalue weighted by Gasteiger charge is 2.26. The van der Waals surface area contributed by atoms with Crippen LogP contribution in [-0.2, 0) is 16.6 Å². The van der Waals surface area contributed by atoms with Gasteiger partial charge in [0.25, 0.3) is 0 Å². The lowest BCUT2D eigenvalue weighted by atomic mass is 10.1. The first-order valence-electron chi connectivity index (χ1n) is 9.73. The quantitative estimate of drug-likeness (QED) is 0.269. The molecule has 1 aromatic heterocycles. The van der Waals surface area contributed by atoms with Crippen LogP contribution in [0.3, 0.4) is 0 Å². The Balaban J connectivity index is 1.97. The molecule has 0 atom stereocenters. The third-order valence-electron chi connectivity index (χ3n) is 4.89. The molecule has 3 aromatic rings. The smallest absolute Gasteiger partial charge is 0.336 e. The molecule has 0 fully saturated rings. The minimum Gasteiger partial charge on any atom is -0.497 e. The van der Waals surface area contributed by atoms with Gasteiger partial charge in [-0.3, -0.25) is 10.1 Å². The SMILES string of the molecule is CCN(CC)S(=O)(=O)c1ccc(OCc2cc(=O)oc3cc(OC)ccc23)c([N+](=O)[O-])c1. The largest absolute Gasteiger partial charge is 0.497 e. The Kier molecular flexibility index (Phi) is 6.80. The van der Waals surface area contributed by atoms with Gasteiger partial charge in [0.05, 0.1) is 16.9 Å². The van der Waals surface area contributed by atoms with Gasteiger partial charge in [0.1, 0.15) is 17.9 Å². The first-order valence-corrected chi connectivity index (χ1v) is 11.2. The molecule has 3 rings (SSSR count). The van der Waals surface area contributed by atoms with Crippen molar-refractivity contribution in [3.05, 3.63) is 68.6 Å². The van der Waals surface area contributed by atoms with Gasteiger partial charge in [-0.05, 0) is 24.3 Å². The number of benzene rings is 2. The van der Waals surface area contributed by atoms with Gasteiger partial charge in [-0.2, -0.15) is 4.31 Å². The third-order valence-corrected chi connectivity index (χ3v) is 6.94. The molecule has 0 saturated heterocycles. The van der Waals surface area contributed by atoms with Gasteiger partial charge in [0, 0.05) is 42.2 Å². The van der Waals surface area contributed by atoms with Crippen LogP contribution in [0.25, 0.3) is 11.0 Å². The molecule has 0 spiro atoms. The average molecular weight is 462 g/mol. The molecule has 11 heteroatoms. The molecule has 0 N–H and O–H groups in total. The van der Waals surface area contributed by atoms with Crippen molar-refractivity contribution in [1.82, 2.24) is 4.31 Å². The minimum absolute atomic E-state index is 0.122. The van der Waals surface area contributed by atoms with Gasteiger partial charge in [-0.1, -0.05) is 13.8 Å². The molecule has 0 amide bonds. The lowest BCUT2D eigenvalue weighted by Gasteiger charge is -2.18. The Morgan fingerprint density at radius 3 is 2.44 bits per heavy atom. The number of hydrogen-bond donors (Lipinski definition) is 0. The molecule has 2 aromatic carbocycles. The average Bonchev–Trinajstić information content (AvgIpc) is 2.77. The summed E-state index contributed by atoms with van der Waals surface area (Å²) < 4.78 is 42.5. The zero-order valence-electron chi connectivity index (χ0n) is 17.7. The van der Waals surface area contributed by atoms with Gasteiger partial charge in [-0.15, -0.1) is 0 Å². The first kappa shape index (κ1) is 23.2. The molecule has 0 radical (unpaired) electrons. The molecule has 0 aliphatic rings. The van der Waals surface area contributed by atoms with Gasteiger partial charge in [-0.25, -0.2) is 13.2 Å². The zero-order chi connectivity index (χ0) is 23.5. The zero-order valence-corrected chi connectivity index (χ0v) is 18.5. The van der Waals surface area contributed by atoms with Crippen molar-refractivity contribution >= 4 is 26.7 Å². The minimum atomic E-state index is -3.87. The van der Waals surface area contributed by atoms with Crippen molar-refractivity contribution in [2.75, 3.05) is 20.2 Å². The summed E-state index contributed by atoms with van der Waals surface area (Å²) in [5.41, 5.74) is -0.370. The fourth-order valence-electron chi connectivity index (χ4n) is 3.25. The van der Waals surface area contributed by atoms with Crippen LogP contribution in [-0.4, -0.2) is 37.8 Å². The molecule has 0 unspecified atom stereocenters. The summed E-state index contributed by atoms with van der Waals surface area (Å²) in [5.74, 6) is 0.378. The number of rotatable bonds is 9. The number of nitro benzene ring substituents is 1. The molecular formula is C21H22N2O8S. The molecule has 170 valence electrons. The van der Waals surface area contributed by atoms with E-state index in [1.165, 1.54) is 29.6 Å². The van der Waals surface area contributed by atoms with Crippen LogP contribution in [0.15, 0.2) is 56.6 Å². The van der Waals surface area contributed by atoms with Crippen molar-refractivity contribution in [3.63, 3.8) is 0 Å². The van der Waals surface area contributed by atoms with E-state index in [1.807, 2.05) is 0 Å². The lowest BCUT2D eigenvalue weighted by molar-refractivity contribution is -0.386.